The number of likely N-dealkylation sites (tertiary alicyclic amines) is 1. The lowest BCUT2D eigenvalue weighted by atomic mass is 10.3. The fourth-order valence-electron chi connectivity index (χ4n) is 4.65. The quantitative estimate of drug-likeness (QED) is 0.703. The highest BCUT2D eigenvalue weighted by Crippen LogP contribution is 2.65. The molecule has 4 heterocycles. The van der Waals surface area contributed by atoms with Gasteiger partial charge in [-0.2, -0.15) is 5.26 Å². The molecule has 0 spiro atoms. The Hall–Kier alpha value is -1.09. The standard InChI is InChI=1S/C19H29N4O2P/c1-17-4-5-18(21-6-2-3-7-21)19(16-20)26(17,22-8-12-24-13-9-22)23-10-14-25-15-11-23/h4-5H,2-3,6-15H2,1H3. The number of hydrogen-bond acceptors (Lipinski definition) is 6. The molecule has 0 atom stereocenters. The molecule has 0 bridgehead atoms. The Labute approximate surface area is 156 Å². The maximum absolute atomic E-state index is 10.4. The average molecular weight is 376 g/mol. The number of allylic oxidation sites excluding steroid dienone is 3. The van der Waals surface area contributed by atoms with Crippen molar-refractivity contribution in [2.24, 2.45) is 0 Å². The summed E-state index contributed by atoms with van der Waals surface area (Å²) >= 11 is 0. The second-order valence-electron chi connectivity index (χ2n) is 7.25. The van der Waals surface area contributed by atoms with E-state index < -0.39 is 7.19 Å². The van der Waals surface area contributed by atoms with Gasteiger partial charge in [0.15, 0.2) is 0 Å². The van der Waals surface area contributed by atoms with Crippen molar-refractivity contribution < 1.29 is 9.47 Å². The average Bonchev–Trinajstić information content (AvgIpc) is 3.23. The summed E-state index contributed by atoms with van der Waals surface area (Å²) in [6.45, 7) is 11.0. The molecule has 0 aliphatic carbocycles. The van der Waals surface area contributed by atoms with E-state index in [4.69, 9.17) is 9.47 Å². The molecule has 0 radical (unpaired) electrons. The Morgan fingerprint density at radius 1 is 0.885 bits per heavy atom. The Morgan fingerprint density at radius 2 is 1.42 bits per heavy atom. The van der Waals surface area contributed by atoms with E-state index in [1.54, 1.807) is 0 Å². The van der Waals surface area contributed by atoms with Crippen molar-refractivity contribution in [2.75, 3.05) is 65.7 Å². The molecule has 0 unspecified atom stereocenters. The molecular formula is C19H29N4O2P. The Morgan fingerprint density at radius 3 is 1.92 bits per heavy atom. The lowest BCUT2D eigenvalue weighted by molar-refractivity contribution is 0.0583. The minimum atomic E-state index is -2.04. The van der Waals surface area contributed by atoms with Gasteiger partial charge in [0, 0.05) is 39.3 Å². The topological polar surface area (TPSA) is 52.0 Å². The zero-order chi connectivity index (χ0) is 18.0. The van der Waals surface area contributed by atoms with E-state index in [-0.39, 0.29) is 0 Å². The molecule has 0 aromatic carbocycles. The lowest BCUT2D eigenvalue weighted by Gasteiger charge is -2.50. The van der Waals surface area contributed by atoms with Crippen LogP contribution >= 0.6 is 7.19 Å². The molecule has 3 fully saturated rings. The number of hydrogen-bond donors (Lipinski definition) is 0. The molecule has 4 aliphatic heterocycles. The van der Waals surface area contributed by atoms with Crippen LogP contribution in [0.3, 0.4) is 0 Å². The number of nitrogens with zero attached hydrogens (tertiary/aromatic N) is 4. The van der Waals surface area contributed by atoms with Gasteiger partial charge in [0.2, 0.25) is 0 Å². The number of rotatable bonds is 3. The molecule has 0 saturated carbocycles. The zero-order valence-electron chi connectivity index (χ0n) is 15.7. The summed E-state index contributed by atoms with van der Waals surface area (Å²) in [4.78, 5) is 2.43. The maximum atomic E-state index is 10.4. The molecule has 3 saturated heterocycles. The Bertz CT molecular complexity index is 669. The van der Waals surface area contributed by atoms with Gasteiger partial charge in [-0.05, 0) is 31.1 Å². The van der Waals surface area contributed by atoms with Crippen LogP contribution in [0.25, 0.3) is 0 Å². The number of nitriles is 1. The van der Waals surface area contributed by atoms with E-state index >= 15 is 0 Å². The van der Waals surface area contributed by atoms with Crippen molar-refractivity contribution in [1.29, 1.82) is 5.26 Å². The molecule has 26 heavy (non-hydrogen) atoms. The second-order valence-corrected chi connectivity index (χ2v) is 10.7. The minimum Gasteiger partial charge on any atom is -0.379 e. The highest BCUT2D eigenvalue weighted by molar-refractivity contribution is 7.76. The van der Waals surface area contributed by atoms with Gasteiger partial charge in [-0.15, -0.1) is 0 Å². The Balaban J connectivity index is 1.88. The molecule has 4 aliphatic rings. The predicted molar refractivity (Wildman–Crippen MR) is 105 cm³/mol. The molecule has 0 N–H and O–H groups in total. The van der Waals surface area contributed by atoms with Crippen LogP contribution in [0.4, 0.5) is 0 Å². The summed E-state index contributed by atoms with van der Waals surface area (Å²) in [5.74, 6) is 0. The minimum absolute atomic E-state index is 0.751. The van der Waals surface area contributed by atoms with Crippen LogP contribution in [0.15, 0.2) is 23.2 Å². The van der Waals surface area contributed by atoms with Gasteiger partial charge in [0.05, 0.1) is 39.3 Å². The van der Waals surface area contributed by atoms with Crippen LogP contribution < -0.4 is 0 Å². The van der Waals surface area contributed by atoms with Crippen molar-refractivity contribution in [3.63, 3.8) is 0 Å². The third-order valence-electron chi connectivity index (χ3n) is 5.87. The fourth-order valence-corrected chi connectivity index (χ4v) is 9.26. The van der Waals surface area contributed by atoms with Gasteiger partial charge < -0.3 is 14.4 Å². The number of morpholine rings is 2. The van der Waals surface area contributed by atoms with Crippen molar-refractivity contribution in [3.05, 3.63) is 23.2 Å². The fraction of sp³-hybridized carbons (Fsp3) is 0.684. The van der Waals surface area contributed by atoms with Crippen molar-refractivity contribution in [1.82, 2.24) is 14.2 Å². The molecule has 0 amide bonds. The van der Waals surface area contributed by atoms with Crippen molar-refractivity contribution in [3.8, 4) is 6.07 Å². The van der Waals surface area contributed by atoms with Crippen LogP contribution in [0.2, 0.25) is 0 Å². The smallest absolute Gasteiger partial charge is 0.104 e. The van der Waals surface area contributed by atoms with Crippen molar-refractivity contribution in [2.45, 2.75) is 19.8 Å². The lowest BCUT2D eigenvalue weighted by Crippen LogP contribution is -2.46. The van der Waals surface area contributed by atoms with Gasteiger partial charge in [0.1, 0.15) is 11.4 Å². The van der Waals surface area contributed by atoms with Crippen molar-refractivity contribution >= 4 is 12.5 Å². The van der Waals surface area contributed by atoms with E-state index in [1.807, 2.05) is 0 Å². The van der Waals surface area contributed by atoms with E-state index in [0.29, 0.717) is 0 Å². The summed E-state index contributed by atoms with van der Waals surface area (Å²) in [7, 11) is -2.04. The van der Waals surface area contributed by atoms with Crippen LogP contribution in [0.5, 0.6) is 0 Å². The molecule has 142 valence electrons. The van der Waals surface area contributed by atoms with Gasteiger partial charge in [-0.25, -0.2) is 0 Å². The second kappa shape index (κ2) is 7.88. The summed E-state index contributed by atoms with van der Waals surface area (Å²) in [6.07, 6.45) is 6.92. The number of ether oxygens (including phenoxy) is 2. The van der Waals surface area contributed by atoms with Crippen LogP contribution in [-0.4, -0.2) is 85.2 Å². The first kappa shape index (κ1) is 18.3. The van der Waals surface area contributed by atoms with Crippen LogP contribution in [0.1, 0.15) is 19.8 Å². The van der Waals surface area contributed by atoms with E-state index in [1.165, 1.54) is 23.8 Å². The highest BCUT2D eigenvalue weighted by Gasteiger charge is 2.42. The first-order valence-electron chi connectivity index (χ1n) is 9.76. The van der Waals surface area contributed by atoms with E-state index in [0.717, 1.165) is 71.0 Å². The van der Waals surface area contributed by atoms with Gasteiger partial charge in [-0.1, -0.05) is 6.08 Å². The summed E-state index contributed by atoms with van der Waals surface area (Å²) in [5, 5.41) is 12.7. The molecule has 4 rings (SSSR count). The first-order valence-corrected chi connectivity index (χ1v) is 11.5. The van der Waals surface area contributed by atoms with Gasteiger partial charge in [-0.3, -0.25) is 9.34 Å². The van der Waals surface area contributed by atoms with Crippen LogP contribution in [-0.2, 0) is 9.47 Å². The maximum Gasteiger partial charge on any atom is 0.104 e. The zero-order valence-corrected chi connectivity index (χ0v) is 16.6. The predicted octanol–water partition coefficient (Wildman–Crippen LogP) is 2.09. The first-order chi connectivity index (χ1) is 12.8. The summed E-state index contributed by atoms with van der Waals surface area (Å²) < 4.78 is 16.5. The molecular weight excluding hydrogens is 347 g/mol. The highest BCUT2D eigenvalue weighted by atomic mass is 31.2. The Kier molecular flexibility index (Phi) is 5.54. The summed E-state index contributed by atoms with van der Waals surface area (Å²) in [6, 6.07) is 2.70. The molecule has 6 nitrogen and oxygen atoms in total. The van der Waals surface area contributed by atoms with Gasteiger partial charge in [0.25, 0.3) is 0 Å². The van der Waals surface area contributed by atoms with E-state index in [9.17, 15) is 5.26 Å². The summed E-state index contributed by atoms with van der Waals surface area (Å²) in [5.41, 5.74) is 1.17. The molecule has 7 heteroatoms. The third-order valence-corrected chi connectivity index (χ3v) is 10.4. The third kappa shape index (κ3) is 2.96. The van der Waals surface area contributed by atoms with Crippen LogP contribution in [0, 0.1) is 11.3 Å². The van der Waals surface area contributed by atoms with E-state index in [2.05, 4.69) is 39.4 Å². The molecule has 0 aromatic rings. The monoisotopic (exact) mass is 376 g/mol. The SMILES string of the molecule is CC1=P(N2CCOCC2)(N2CCOCC2)C(C#N)=C(N2CCCC2)C=C1. The van der Waals surface area contributed by atoms with Gasteiger partial charge >= 0.3 is 0 Å². The molecule has 0 aromatic heterocycles. The normalized spacial score (nSPS) is 27.8. The largest absolute Gasteiger partial charge is 0.379 e.